The van der Waals surface area contributed by atoms with Crippen molar-refractivity contribution in [2.24, 2.45) is 0 Å². The number of likely N-dealkylation sites (N-methyl/N-ethyl adjacent to an activating group) is 1. The Balaban J connectivity index is 1.99. The van der Waals surface area contributed by atoms with Crippen LogP contribution in [0.25, 0.3) is 0 Å². The summed E-state index contributed by atoms with van der Waals surface area (Å²) in [5.74, 6) is 0.864. The third-order valence-corrected chi connectivity index (χ3v) is 3.41. The van der Waals surface area contributed by atoms with E-state index in [0.29, 0.717) is 18.8 Å². The maximum Gasteiger partial charge on any atom is 0.123 e. The molecular weight excluding hydrogens is 264 g/mol. The summed E-state index contributed by atoms with van der Waals surface area (Å²) in [6.45, 7) is 1.24. The number of hydrogen-bond acceptors (Lipinski definition) is 4. The molecule has 0 spiro atoms. The minimum Gasteiger partial charge on any atom is -0.496 e. The summed E-state index contributed by atoms with van der Waals surface area (Å²) < 4.78 is 5.35. The first-order chi connectivity index (χ1) is 10.1. The molecule has 1 atom stereocenters. The largest absolute Gasteiger partial charge is 0.496 e. The number of nitrogens with two attached hydrogens (primary N) is 1. The molecule has 0 aliphatic heterocycles. The number of benzene rings is 2. The standard InChI is InChI=1S/C17H22N2O2/c1-19(11-14-6-3-4-9-17(14)21-2)12-16(20)13-7-5-8-15(18)10-13/h3-10,16,20H,11-12,18H2,1-2H3. The Labute approximate surface area is 125 Å². The molecule has 112 valence electrons. The lowest BCUT2D eigenvalue weighted by Crippen LogP contribution is -2.24. The van der Waals surface area contributed by atoms with E-state index in [0.717, 1.165) is 16.9 Å². The van der Waals surface area contributed by atoms with E-state index < -0.39 is 6.10 Å². The van der Waals surface area contributed by atoms with Crippen LogP contribution in [0, 0.1) is 0 Å². The van der Waals surface area contributed by atoms with Crippen molar-refractivity contribution in [1.82, 2.24) is 4.90 Å². The van der Waals surface area contributed by atoms with Crippen molar-refractivity contribution in [2.45, 2.75) is 12.6 Å². The van der Waals surface area contributed by atoms with Gasteiger partial charge in [0.15, 0.2) is 0 Å². The Hall–Kier alpha value is -2.04. The van der Waals surface area contributed by atoms with Crippen LogP contribution in [0.15, 0.2) is 48.5 Å². The van der Waals surface area contributed by atoms with Gasteiger partial charge in [-0.3, -0.25) is 4.90 Å². The van der Waals surface area contributed by atoms with E-state index in [4.69, 9.17) is 10.5 Å². The SMILES string of the molecule is COc1ccccc1CN(C)CC(O)c1cccc(N)c1. The number of nitrogen functional groups attached to an aromatic ring is 1. The van der Waals surface area contributed by atoms with Crippen LogP contribution in [0.5, 0.6) is 5.75 Å². The van der Waals surface area contributed by atoms with Gasteiger partial charge in [-0.2, -0.15) is 0 Å². The fourth-order valence-corrected chi connectivity index (χ4v) is 2.36. The third-order valence-electron chi connectivity index (χ3n) is 3.41. The number of para-hydroxylation sites is 1. The molecule has 2 aromatic carbocycles. The molecule has 0 bridgehead atoms. The molecule has 0 heterocycles. The number of hydrogen-bond donors (Lipinski definition) is 2. The Morgan fingerprint density at radius 1 is 1.19 bits per heavy atom. The highest BCUT2D eigenvalue weighted by atomic mass is 16.5. The van der Waals surface area contributed by atoms with E-state index in [9.17, 15) is 5.11 Å². The maximum atomic E-state index is 10.3. The van der Waals surface area contributed by atoms with E-state index in [1.54, 1.807) is 7.11 Å². The van der Waals surface area contributed by atoms with Gasteiger partial charge in [0.05, 0.1) is 13.2 Å². The first kappa shape index (κ1) is 15.4. The van der Waals surface area contributed by atoms with E-state index in [-0.39, 0.29) is 0 Å². The summed E-state index contributed by atoms with van der Waals surface area (Å²) in [5, 5.41) is 10.3. The number of aliphatic hydroxyl groups is 1. The van der Waals surface area contributed by atoms with Gasteiger partial charge in [0.1, 0.15) is 5.75 Å². The van der Waals surface area contributed by atoms with Gasteiger partial charge in [0.25, 0.3) is 0 Å². The molecule has 1 unspecified atom stereocenters. The van der Waals surface area contributed by atoms with Gasteiger partial charge in [-0.25, -0.2) is 0 Å². The highest BCUT2D eigenvalue weighted by molar-refractivity contribution is 5.41. The smallest absolute Gasteiger partial charge is 0.123 e. The van der Waals surface area contributed by atoms with E-state index in [1.807, 2.05) is 55.6 Å². The molecule has 0 aromatic heterocycles. The molecule has 0 aliphatic rings. The first-order valence-corrected chi connectivity index (χ1v) is 6.94. The van der Waals surface area contributed by atoms with E-state index in [1.165, 1.54) is 0 Å². The fraction of sp³-hybridized carbons (Fsp3) is 0.294. The molecule has 0 fully saturated rings. The molecule has 0 amide bonds. The quantitative estimate of drug-likeness (QED) is 0.801. The number of methoxy groups -OCH3 is 1. The van der Waals surface area contributed by atoms with Gasteiger partial charge in [0.2, 0.25) is 0 Å². The lowest BCUT2D eigenvalue weighted by molar-refractivity contribution is 0.123. The monoisotopic (exact) mass is 286 g/mol. The van der Waals surface area contributed by atoms with Crippen LogP contribution in [-0.4, -0.2) is 30.7 Å². The molecule has 0 saturated heterocycles. The predicted molar refractivity (Wildman–Crippen MR) is 85.1 cm³/mol. The van der Waals surface area contributed by atoms with Crippen molar-refractivity contribution >= 4 is 5.69 Å². The third kappa shape index (κ3) is 4.21. The molecule has 21 heavy (non-hydrogen) atoms. The lowest BCUT2D eigenvalue weighted by atomic mass is 10.1. The average Bonchev–Trinajstić information content (AvgIpc) is 2.47. The molecule has 0 aliphatic carbocycles. The van der Waals surface area contributed by atoms with Crippen LogP contribution >= 0.6 is 0 Å². The molecular formula is C17H22N2O2. The van der Waals surface area contributed by atoms with Gasteiger partial charge in [-0.15, -0.1) is 0 Å². The van der Waals surface area contributed by atoms with Crippen molar-refractivity contribution in [2.75, 3.05) is 26.4 Å². The number of ether oxygens (including phenoxy) is 1. The number of aliphatic hydroxyl groups excluding tert-OH is 1. The summed E-state index contributed by atoms with van der Waals surface area (Å²) in [6, 6.07) is 15.3. The second-order valence-electron chi connectivity index (χ2n) is 5.19. The van der Waals surface area contributed by atoms with Gasteiger partial charge in [0, 0.05) is 24.3 Å². The fourth-order valence-electron chi connectivity index (χ4n) is 2.36. The molecule has 2 rings (SSSR count). The molecule has 0 saturated carbocycles. The van der Waals surface area contributed by atoms with Crippen molar-refractivity contribution < 1.29 is 9.84 Å². The lowest BCUT2D eigenvalue weighted by Gasteiger charge is -2.22. The second kappa shape index (κ2) is 7.11. The van der Waals surface area contributed by atoms with Crippen molar-refractivity contribution in [1.29, 1.82) is 0 Å². The van der Waals surface area contributed by atoms with Gasteiger partial charge >= 0.3 is 0 Å². The summed E-state index contributed by atoms with van der Waals surface area (Å²) in [5.41, 5.74) is 8.35. The van der Waals surface area contributed by atoms with Crippen LogP contribution in [0.1, 0.15) is 17.2 Å². The Morgan fingerprint density at radius 2 is 1.95 bits per heavy atom. The molecule has 4 nitrogen and oxygen atoms in total. The molecule has 2 aromatic rings. The van der Waals surface area contributed by atoms with Crippen molar-refractivity contribution in [3.8, 4) is 5.75 Å². The zero-order valence-electron chi connectivity index (χ0n) is 12.5. The predicted octanol–water partition coefficient (Wildman–Crippen LogP) is 2.44. The number of rotatable bonds is 6. The minimum absolute atomic E-state index is 0.529. The normalized spacial score (nSPS) is 12.4. The van der Waals surface area contributed by atoms with E-state index >= 15 is 0 Å². The summed E-state index contributed by atoms with van der Waals surface area (Å²) in [7, 11) is 3.64. The summed E-state index contributed by atoms with van der Waals surface area (Å²) >= 11 is 0. The molecule has 4 heteroatoms. The van der Waals surface area contributed by atoms with Gasteiger partial charge < -0.3 is 15.6 Å². The Bertz CT molecular complexity index is 587. The van der Waals surface area contributed by atoms with Crippen molar-refractivity contribution in [3.05, 3.63) is 59.7 Å². The van der Waals surface area contributed by atoms with Crippen molar-refractivity contribution in [3.63, 3.8) is 0 Å². The molecule has 0 radical (unpaired) electrons. The Kier molecular flexibility index (Phi) is 5.20. The number of anilines is 1. The highest BCUT2D eigenvalue weighted by Gasteiger charge is 2.12. The highest BCUT2D eigenvalue weighted by Crippen LogP contribution is 2.21. The topological polar surface area (TPSA) is 58.7 Å². The van der Waals surface area contributed by atoms with Crippen LogP contribution < -0.4 is 10.5 Å². The van der Waals surface area contributed by atoms with Crippen LogP contribution in [-0.2, 0) is 6.54 Å². The van der Waals surface area contributed by atoms with Gasteiger partial charge in [-0.1, -0.05) is 30.3 Å². The maximum absolute atomic E-state index is 10.3. The average molecular weight is 286 g/mol. The van der Waals surface area contributed by atoms with E-state index in [2.05, 4.69) is 4.90 Å². The molecule has 3 N–H and O–H groups in total. The Morgan fingerprint density at radius 3 is 2.67 bits per heavy atom. The first-order valence-electron chi connectivity index (χ1n) is 6.94. The van der Waals surface area contributed by atoms with Crippen LogP contribution in [0.2, 0.25) is 0 Å². The summed E-state index contributed by atoms with van der Waals surface area (Å²) in [6.07, 6.45) is -0.562. The summed E-state index contributed by atoms with van der Waals surface area (Å²) in [4.78, 5) is 2.06. The number of nitrogens with zero attached hydrogens (tertiary/aromatic N) is 1. The second-order valence-corrected chi connectivity index (χ2v) is 5.19. The minimum atomic E-state index is -0.562. The zero-order chi connectivity index (χ0) is 15.2. The van der Waals surface area contributed by atoms with Crippen LogP contribution in [0.3, 0.4) is 0 Å². The zero-order valence-corrected chi connectivity index (χ0v) is 12.5. The van der Waals surface area contributed by atoms with Crippen LogP contribution in [0.4, 0.5) is 5.69 Å². The van der Waals surface area contributed by atoms with Gasteiger partial charge in [-0.05, 0) is 30.8 Å².